The van der Waals surface area contributed by atoms with Gasteiger partial charge in [-0.05, 0) is 35.8 Å². The summed E-state index contributed by atoms with van der Waals surface area (Å²) in [4.78, 5) is 4.34. The molecule has 0 saturated carbocycles. The van der Waals surface area contributed by atoms with E-state index in [2.05, 4.69) is 54.9 Å². The fourth-order valence-electron chi connectivity index (χ4n) is 2.22. The molecule has 0 spiro atoms. The lowest BCUT2D eigenvalue weighted by Crippen LogP contribution is -2.04. The highest BCUT2D eigenvalue weighted by Crippen LogP contribution is 2.23. The van der Waals surface area contributed by atoms with Crippen LogP contribution < -0.4 is 0 Å². The zero-order valence-corrected chi connectivity index (χ0v) is 10.6. The maximum Gasteiger partial charge on any atom is 0.0669 e. The number of rotatable bonds is 2. The molecule has 0 bridgehead atoms. The van der Waals surface area contributed by atoms with Crippen LogP contribution in [-0.2, 0) is 0 Å². The first-order valence-corrected chi connectivity index (χ1v) is 5.76. The molecular formula is C16H17N. The van der Waals surface area contributed by atoms with Crippen LogP contribution in [0.5, 0.6) is 0 Å². The Kier molecular flexibility index (Phi) is 3.10. The van der Waals surface area contributed by atoms with E-state index in [4.69, 9.17) is 0 Å². The zero-order chi connectivity index (χ0) is 12.4. The molecule has 1 nitrogen and oxygen atoms in total. The Morgan fingerprint density at radius 2 is 1.82 bits per heavy atom. The summed E-state index contributed by atoms with van der Waals surface area (Å²) >= 11 is 0. The molecule has 0 saturated heterocycles. The van der Waals surface area contributed by atoms with Crippen molar-refractivity contribution in [2.24, 2.45) is 4.99 Å². The minimum absolute atomic E-state index is 0.994. The van der Waals surface area contributed by atoms with Crippen LogP contribution in [0.1, 0.15) is 18.1 Å². The van der Waals surface area contributed by atoms with E-state index in [1.54, 1.807) is 0 Å². The molecule has 2 aromatic rings. The van der Waals surface area contributed by atoms with Crippen molar-refractivity contribution >= 4 is 16.5 Å². The van der Waals surface area contributed by atoms with Gasteiger partial charge in [0.05, 0.1) is 5.71 Å². The molecule has 0 heterocycles. The lowest BCUT2D eigenvalue weighted by Gasteiger charge is -2.11. The average molecular weight is 223 g/mol. The summed E-state index contributed by atoms with van der Waals surface area (Å²) in [5.74, 6) is 0. The van der Waals surface area contributed by atoms with Crippen LogP contribution in [0.25, 0.3) is 10.8 Å². The van der Waals surface area contributed by atoms with Crippen molar-refractivity contribution in [1.82, 2.24) is 0 Å². The predicted octanol–water partition coefficient (Wildman–Crippen LogP) is 4.14. The Bertz CT molecular complexity index is 606. The summed E-state index contributed by atoms with van der Waals surface area (Å²) in [5.41, 5.74) is 4.45. The highest BCUT2D eigenvalue weighted by Gasteiger charge is 2.09. The van der Waals surface area contributed by atoms with Gasteiger partial charge in [0.25, 0.3) is 0 Å². The minimum Gasteiger partial charge on any atom is -0.288 e. The highest BCUT2D eigenvalue weighted by molar-refractivity contribution is 6.14. The number of nitrogens with zero attached hydrogens (tertiary/aromatic N) is 1. The molecule has 1 heteroatoms. The van der Waals surface area contributed by atoms with Gasteiger partial charge in [0, 0.05) is 12.6 Å². The molecule has 86 valence electrons. The van der Waals surface area contributed by atoms with Crippen LogP contribution in [0.3, 0.4) is 0 Å². The second-order valence-electron chi connectivity index (χ2n) is 4.31. The van der Waals surface area contributed by atoms with E-state index >= 15 is 0 Å². The Balaban J connectivity index is 2.72. The van der Waals surface area contributed by atoms with Crippen LogP contribution in [0.4, 0.5) is 0 Å². The number of aliphatic imine (C=N–C) groups is 1. The summed E-state index contributed by atoms with van der Waals surface area (Å²) < 4.78 is 0. The maximum atomic E-state index is 4.34. The van der Waals surface area contributed by atoms with Gasteiger partial charge in [-0.2, -0.15) is 0 Å². The van der Waals surface area contributed by atoms with Crippen molar-refractivity contribution < 1.29 is 0 Å². The molecule has 0 aliphatic heterocycles. The molecule has 0 N–H and O–H groups in total. The van der Waals surface area contributed by atoms with Gasteiger partial charge < -0.3 is 0 Å². The van der Waals surface area contributed by atoms with E-state index < -0.39 is 0 Å². The first-order chi connectivity index (χ1) is 8.15. The van der Waals surface area contributed by atoms with Gasteiger partial charge in [0.1, 0.15) is 0 Å². The fourth-order valence-corrected chi connectivity index (χ4v) is 2.22. The molecule has 0 fully saturated rings. The standard InChI is InChI=1S/C16H17N/c1-11(2)16(17-4)15-10-9-13-7-5-6-8-14(13)12(15)3/h5-10H,1H2,2-4H3/b17-16-. The normalized spacial score (nSPS) is 11.8. The summed E-state index contributed by atoms with van der Waals surface area (Å²) in [6.07, 6.45) is 0. The first-order valence-electron chi connectivity index (χ1n) is 5.76. The molecule has 0 atom stereocenters. The monoisotopic (exact) mass is 223 g/mol. The number of allylic oxidation sites excluding steroid dienone is 1. The number of benzene rings is 2. The van der Waals surface area contributed by atoms with Crippen LogP contribution in [0, 0.1) is 6.92 Å². The van der Waals surface area contributed by atoms with Crippen molar-refractivity contribution in [3.8, 4) is 0 Å². The van der Waals surface area contributed by atoms with E-state index in [9.17, 15) is 0 Å². The summed E-state index contributed by atoms with van der Waals surface area (Å²) in [7, 11) is 1.82. The van der Waals surface area contributed by atoms with Crippen LogP contribution in [0.15, 0.2) is 53.5 Å². The van der Waals surface area contributed by atoms with Crippen LogP contribution in [0.2, 0.25) is 0 Å². The smallest absolute Gasteiger partial charge is 0.0669 e. The second-order valence-corrected chi connectivity index (χ2v) is 4.31. The minimum atomic E-state index is 0.994. The Morgan fingerprint density at radius 3 is 2.47 bits per heavy atom. The maximum absolute atomic E-state index is 4.34. The molecule has 2 rings (SSSR count). The molecule has 0 aromatic heterocycles. The summed E-state index contributed by atoms with van der Waals surface area (Å²) in [6.45, 7) is 8.13. The molecular weight excluding hydrogens is 206 g/mol. The molecule has 0 amide bonds. The Labute approximate surface area is 103 Å². The first kappa shape index (κ1) is 11.6. The highest BCUT2D eigenvalue weighted by atomic mass is 14.7. The topological polar surface area (TPSA) is 12.4 Å². The van der Waals surface area contributed by atoms with Crippen molar-refractivity contribution in [2.45, 2.75) is 13.8 Å². The van der Waals surface area contributed by atoms with Gasteiger partial charge in [0.2, 0.25) is 0 Å². The Morgan fingerprint density at radius 1 is 1.12 bits per heavy atom. The predicted molar refractivity (Wildman–Crippen MR) is 76.0 cm³/mol. The fraction of sp³-hybridized carbons (Fsp3) is 0.188. The van der Waals surface area contributed by atoms with Gasteiger partial charge >= 0.3 is 0 Å². The van der Waals surface area contributed by atoms with E-state index in [-0.39, 0.29) is 0 Å². The number of hydrogen-bond acceptors (Lipinski definition) is 1. The quantitative estimate of drug-likeness (QED) is 0.678. The third-order valence-corrected chi connectivity index (χ3v) is 3.08. The largest absolute Gasteiger partial charge is 0.288 e. The van der Waals surface area contributed by atoms with Gasteiger partial charge in [0.15, 0.2) is 0 Å². The molecule has 2 aromatic carbocycles. The van der Waals surface area contributed by atoms with Crippen molar-refractivity contribution in [3.63, 3.8) is 0 Å². The molecule has 0 aliphatic carbocycles. The third kappa shape index (κ3) is 2.01. The van der Waals surface area contributed by atoms with Gasteiger partial charge in [-0.15, -0.1) is 0 Å². The lowest BCUT2D eigenvalue weighted by molar-refractivity contribution is 1.38. The SMILES string of the molecule is C=C(C)/C(=N/C)c1ccc2ccccc2c1C. The molecule has 17 heavy (non-hydrogen) atoms. The molecule has 0 unspecified atom stereocenters. The summed E-state index contributed by atoms with van der Waals surface area (Å²) in [6, 6.07) is 12.7. The Hall–Kier alpha value is -1.89. The van der Waals surface area contributed by atoms with Gasteiger partial charge in [-0.1, -0.05) is 43.0 Å². The van der Waals surface area contributed by atoms with Gasteiger partial charge in [-0.25, -0.2) is 0 Å². The van der Waals surface area contributed by atoms with Crippen LogP contribution in [-0.4, -0.2) is 12.8 Å². The van der Waals surface area contributed by atoms with E-state index in [0.717, 1.165) is 11.3 Å². The van der Waals surface area contributed by atoms with Gasteiger partial charge in [-0.3, -0.25) is 4.99 Å². The van der Waals surface area contributed by atoms with Crippen molar-refractivity contribution in [3.05, 3.63) is 59.7 Å². The van der Waals surface area contributed by atoms with Crippen molar-refractivity contribution in [1.29, 1.82) is 0 Å². The van der Waals surface area contributed by atoms with Crippen molar-refractivity contribution in [2.75, 3.05) is 7.05 Å². The third-order valence-electron chi connectivity index (χ3n) is 3.08. The summed E-state index contributed by atoms with van der Waals surface area (Å²) in [5, 5.41) is 2.55. The van der Waals surface area contributed by atoms with E-state index in [1.807, 2.05) is 14.0 Å². The van der Waals surface area contributed by atoms with Crippen LogP contribution >= 0.6 is 0 Å². The zero-order valence-electron chi connectivity index (χ0n) is 10.6. The number of aryl methyl sites for hydroxylation is 1. The second kappa shape index (κ2) is 4.54. The van der Waals surface area contributed by atoms with E-state index in [1.165, 1.54) is 21.9 Å². The average Bonchev–Trinajstić information content (AvgIpc) is 2.33. The number of hydrogen-bond donors (Lipinski definition) is 0. The lowest BCUT2D eigenvalue weighted by atomic mass is 9.95. The number of fused-ring (bicyclic) bond motifs is 1. The van der Waals surface area contributed by atoms with E-state index in [0.29, 0.717) is 0 Å². The molecule has 0 radical (unpaired) electrons. The molecule has 0 aliphatic rings.